The van der Waals surface area contributed by atoms with Crippen LogP contribution in [0.2, 0.25) is 0 Å². The molecule has 4 heterocycles. The molecule has 3 N–H and O–H groups in total. The molecular weight excluding hydrogens is 486 g/mol. The van der Waals surface area contributed by atoms with Crippen LogP contribution < -0.4 is 16.0 Å². The lowest BCUT2D eigenvalue weighted by Crippen LogP contribution is -2.08. The molecule has 4 aromatic heterocycles. The van der Waals surface area contributed by atoms with E-state index in [1.807, 2.05) is 91.0 Å². The van der Waals surface area contributed by atoms with E-state index in [2.05, 4.69) is 30.9 Å². The van der Waals surface area contributed by atoms with Crippen LogP contribution in [-0.2, 0) is 0 Å². The molecule has 0 radical (unpaired) electrons. The van der Waals surface area contributed by atoms with Gasteiger partial charge in [-0.15, -0.1) is 0 Å². The average molecular weight is 508 g/mol. The quantitative estimate of drug-likeness (QED) is 0.225. The van der Waals surface area contributed by atoms with Crippen LogP contribution in [0.15, 0.2) is 110 Å². The molecule has 0 atom stereocenters. The number of fused-ring (bicyclic) bond motifs is 3. The number of hydrogen-bond acceptors (Lipinski definition) is 9. The van der Waals surface area contributed by atoms with Gasteiger partial charge >= 0.3 is 0 Å². The lowest BCUT2D eigenvalue weighted by molar-refractivity contribution is 1.07. The van der Waals surface area contributed by atoms with Gasteiger partial charge < -0.3 is 16.0 Å². The largest absolute Gasteiger partial charge is 0.323 e. The van der Waals surface area contributed by atoms with E-state index in [0.29, 0.717) is 17.8 Å². The van der Waals surface area contributed by atoms with Crippen molar-refractivity contribution < 1.29 is 0 Å². The van der Waals surface area contributed by atoms with Gasteiger partial charge in [-0.2, -0.15) is 15.0 Å². The van der Waals surface area contributed by atoms with Crippen molar-refractivity contribution in [2.75, 3.05) is 16.0 Å². The van der Waals surface area contributed by atoms with Crippen LogP contribution in [0.3, 0.4) is 0 Å². The van der Waals surface area contributed by atoms with Crippen molar-refractivity contribution in [1.29, 1.82) is 0 Å². The van der Waals surface area contributed by atoms with Crippen LogP contribution >= 0.6 is 0 Å². The van der Waals surface area contributed by atoms with Crippen molar-refractivity contribution in [1.82, 2.24) is 29.9 Å². The Bertz CT molecular complexity index is 1720. The molecule has 0 saturated heterocycles. The van der Waals surface area contributed by atoms with Gasteiger partial charge in [-0.05, 0) is 36.4 Å². The average Bonchev–Trinajstić information content (AvgIpc) is 2.98. The summed E-state index contributed by atoms with van der Waals surface area (Å²) in [7, 11) is 0. The first-order valence-corrected chi connectivity index (χ1v) is 12.4. The SMILES string of the molecule is c1ccc2c(Nc3nc(Nc4ccnc5ccccc45)nc(Nc4ccnc5ccccc45)n3)ccnc2c1. The summed E-state index contributed by atoms with van der Waals surface area (Å²) in [4.78, 5) is 27.5. The van der Waals surface area contributed by atoms with Gasteiger partial charge in [0, 0.05) is 34.7 Å². The first-order valence-electron chi connectivity index (χ1n) is 12.4. The minimum atomic E-state index is 0.378. The zero-order valence-electron chi connectivity index (χ0n) is 20.6. The summed E-state index contributed by atoms with van der Waals surface area (Å²) in [5.41, 5.74) is 5.14. The molecule has 0 aliphatic heterocycles. The number of pyridine rings is 3. The summed E-state index contributed by atoms with van der Waals surface area (Å²) < 4.78 is 0. The first kappa shape index (κ1) is 22.5. The van der Waals surface area contributed by atoms with Gasteiger partial charge in [-0.1, -0.05) is 54.6 Å². The second kappa shape index (κ2) is 9.64. The fraction of sp³-hybridized carbons (Fsp3) is 0. The molecule has 0 amide bonds. The molecule has 0 aliphatic carbocycles. The number of benzene rings is 3. The Morgan fingerprint density at radius 1 is 0.359 bits per heavy atom. The van der Waals surface area contributed by atoms with Gasteiger partial charge in [0.1, 0.15) is 0 Å². The van der Waals surface area contributed by atoms with Gasteiger partial charge in [-0.25, -0.2) is 0 Å². The molecule has 7 aromatic rings. The standard InChI is InChI=1S/C30H21N9/c1-4-10-22-19(7-1)25(13-16-31-22)34-28-37-29(35-26-14-17-32-23-11-5-2-8-20(23)26)39-30(38-28)36-27-15-18-33-24-12-6-3-9-21(24)27/h1-18H,(H3,31,32,33,34,35,36,37,38,39). The van der Waals surface area contributed by atoms with Crippen molar-refractivity contribution in [2.45, 2.75) is 0 Å². The second-order valence-corrected chi connectivity index (χ2v) is 8.81. The van der Waals surface area contributed by atoms with E-state index >= 15 is 0 Å². The summed E-state index contributed by atoms with van der Waals surface area (Å²) >= 11 is 0. The molecule has 0 unspecified atom stereocenters. The van der Waals surface area contributed by atoms with Crippen LogP contribution in [0.4, 0.5) is 34.9 Å². The second-order valence-electron chi connectivity index (χ2n) is 8.81. The maximum absolute atomic E-state index is 4.70. The summed E-state index contributed by atoms with van der Waals surface area (Å²) in [5.74, 6) is 1.13. The van der Waals surface area contributed by atoms with E-state index in [1.54, 1.807) is 18.6 Å². The van der Waals surface area contributed by atoms with Crippen LogP contribution in [-0.4, -0.2) is 29.9 Å². The van der Waals surface area contributed by atoms with E-state index < -0.39 is 0 Å². The van der Waals surface area contributed by atoms with Gasteiger partial charge in [0.15, 0.2) is 0 Å². The summed E-state index contributed by atoms with van der Waals surface area (Å²) in [6.45, 7) is 0. The molecule has 0 bridgehead atoms. The fourth-order valence-corrected chi connectivity index (χ4v) is 4.52. The fourth-order valence-electron chi connectivity index (χ4n) is 4.52. The number of aromatic nitrogens is 6. The van der Waals surface area contributed by atoms with Crippen LogP contribution in [0.5, 0.6) is 0 Å². The molecule has 39 heavy (non-hydrogen) atoms. The topological polar surface area (TPSA) is 113 Å². The Hall–Kier alpha value is -5.70. The normalized spacial score (nSPS) is 11.1. The van der Waals surface area contributed by atoms with Crippen LogP contribution in [0.25, 0.3) is 32.7 Å². The maximum atomic E-state index is 4.70. The van der Waals surface area contributed by atoms with E-state index in [0.717, 1.165) is 49.8 Å². The monoisotopic (exact) mass is 507 g/mol. The van der Waals surface area contributed by atoms with Gasteiger partial charge in [0.2, 0.25) is 17.8 Å². The molecule has 9 heteroatoms. The lowest BCUT2D eigenvalue weighted by atomic mass is 10.2. The molecule has 186 valence electrons. The maximum Gasteiger partial charge on any atom is 0.233 e. The number of anilines is 6. The highest BCUT2D eigenvalue weighted by Crippen LogP contribution is 2.29. The smallest absolute Gasteiger partial charge is 0.233 e. The van der Waals surface area contributed by atoms with Crippen molar-refractivity contribution in [3.8, 4) is 0 Å². The number of nitrogens with zero attached hydrogens (tertiary/aromatic N) is 6. The highest BCUT2D eigenvalue weighted by Gasteiger charge is 2.12. The summed E-state index contributed by atoms with van der Waals surface area (Å²) in [5, 5.41) is 13.0. The summed E-state index contributed by atoms with van der Waals surface area (Å²) in [6.07, 6.45) is 5.28. The first-order chi connectivity index (χ1) is 19.3. The van der Waals surface area contributed by atoms with E-state index in [1.165, 1.54) is 0 Å². The molecular formula is C30H21N9. The molecule has 0 aliphatic rings. The summed E-state index contributed by atoms with van der Waals surface area (Å²) in [6, 6.07) is 29.5. The zero-order chi connectivity index (χ0) is 26.0. The third-order valence-corrected chi connectivity index (χ3v) is 6.32. The molecule has 9 nitrogen and oxygen atoms in total. The molecule has 3 aromatic carbocycles. The molecule has 7 rings (SSSR count). The van der Waals surface area contributed by atoms with Crippen LogP contribution in [0.1, 0.15) is 0 Å². The van der Waals surface area contributed by atoms with Gasteiger partial charge in [-0.3, -0.25) is 15.0 Å². The molecule has 0 saturated carbocycles. The Morgan fingerprint density at radius 3 is 1.00 bits per heavy atom. The zero-order valence-corrected chi connectivity index (χ0v) is 20.6. The Labute approximate surface area is 223 Å². The number of rotatable bonds is 6. The van der Waals surface area contributed by atoms with Crippen molar-refractivity contribution in [3.05, 3.63) is 110 Å². The van der Waals surface area contributed by atoms with Crippen molar-refractivity contribution in [2.24, 2.45) is 0 Å². The Balaban J connectivity index is 1.32. The van der Waals surface area contributed by atoms with E-state index in [-0.39, 0.29) is 0 Å². The predicted molar refractivity (Wildman–Crippen MR) is 155 cm³/mol. The van der Waals surface area contributed by atoms with E-state index in [4.69, 9.17) is 15.0 Å². The predicted octanol–water partition coefficient (Wildman–Crippen LogP) is 6.75. The third kappa shape index (κ3) is 4.49. The number of para-hydroxylation sites is 3. The Kier molecular flexibility index (Phi) is 5.56. The molecule has 0 spiro atoms. The minimum Gasteiger partial charge on any atom is -0.323 e. The third-order valence-electron chi connectivity index (χ3n) is 6.32. The van der Waals surface area contributed by atoms with Gasteiger partial charge in [0.25, 0.3) is 0 Å². The highest BCUT2D eigenvalue weighted by atomic mass is 15.3. The van der Waals surface area contributed by atoms with Gasteiger partial charge in [0.05, 0.1) is 33.6 Å². The van der Waals surface area contributed by atoms with Crippen molar-refractivity contribution >= 4 is 67.6 Å². The van der Waals surface area contributed by atoms with E-state index in [9.17, 15) is 0 Å². The number of hydrogen-bond donors (Lipinski definition) is 3. The highest BCUT2D eigenvalue weighted by molar-refractivity contribution is 5.94. The van der Waals surface area contributed by atoms with Crippen molar-refractivity contribution in [3.63, 3.8) is 0 Å². The Morgan fingerprint density at radius 2 is 0.667 bits per heavy atom. The molecule has 0 fully saturated rings. The van der Waals surface area contributed by atoms with Crippen LogP contribution in [0, 0.1) is 0 Å². The lowest BCUT2D eigenvalue weighted by Gasteiger charge is -2.14. The number of nitrogens with one attached hydrogen (secondary N) is 3. The minimum absolute atomic E-state index is 0.378.